The van der Waals surface area contributed by atoms with E-state index >= 15 is 0 Å². The lowest BCUT2D eigenvalue weighted by Gasteiger charge is -2.34. The molecule has 2 amide bonds. The standard InChI is InChI=1S/C16H30N4O4/c1-4-16(2,3)23-14(21)19-9-5-13(6-10-19)18-24-15(22)20-11-7-17-8-12-20/h13,17-18H,4-12H2,1-3H3. The van der Waals surface area contributed by atoms with Crippen LogP contribution in [0.4, 0.5) is 9.59 Å². The van der Waals surface area contributed by atoms with Gasteiger partial charge in [0.15, 0.2) is 0 Å². The highest BCUT2D eigenvalue weighted by Gasteiger charge is 2.29. The highest BCUT2D eigenvalue weighted by molar-refractivity contribution is 5.68. The van der Waals surface area contributed by atoms with Crippen LogP contribution in [0.2, 0.25) is 0 Å². The molecule has 2 aliphatic heterocycles. The van der Waals surface area contributed by atoms with Gasteiger partial charge in [0, 0.05) is 45.3 Å². The first-order valence-corrected chi connectivity index (χ1v) is 8.81. The number of nitrogens with zero attached hydrogens (tertiary/aromatic N) is 2. The molecule has 0 aliphatic carbocycles. The number of nitrogens with one attached hydrogen (secondary N) is 2. The summed E-state index contributed by atoms with van der Waals surface area (Å²) in [4.78, 5) is 32.7. The van der Waals surface area contributed by atoms with Crippen molar-refractivity contribution in [2.45, 2.75) is 51.7 Å². The smallest absolute Gasteiger partial charge is 0.428 e. The number of ether oxygens (including phenoxy) is 1. The van der Waals surface area contributed by atoms with E-state index in [9.17, 15) is 9.59 Å². The second-order valence-corrected chi connectivity index (χ2v) is 6.97. The molecule has 2 aliphatic rings. The van der Waals surface area contributed by atoms with Crippen LogP contribution in [0.15, 0.2) is 0 Å². The summed E-state index contributed by atoms with van der Waals surface area (Å²) in [6.45, 7) is 9.94. The van der Waals surface area contributed by atoms with Gasteiger partial charge < -0.3 is 24.7 Å². The maximum Gasteiger partial charge on any atom is 0.428 e. The normalized spacial score (nSPS) is 20.0. The fraction of sp³-hybridized carbons (Fsp3) is 0.875. The van der Waals surface area contributed by atoms with Crippen molar-refractivity contribution in [2.24, 2.45) is 0 Å². The summed E-state index contributed by atoms with van der Waals surface area (Å²) in [6, 6.07) is 0.0695. The molecule has 2 heterocycles. The van der Waals surface area contributed by atoms with Gasteiger partial charge in [0.2, 0.25) is 0 Å². The molecule has 0 spiro atoms. The summed E-state index contributed by atoms with van der Waals surface area (Å²) in [5.74, 6) is 0. The highest BCUT2D eigenvalue weighted by Crippen LogP contribution is 2.18. The molecule has 138 valence electrons. The summed E-state index contributed by atoms with van der Waals surface area (Å²) in [7, 11) is 0. The zero-order valence-corrected chi connectivity index (χ0v) is 15.0. The van der Waals surface area contributed by atoms with Gasteiger partial charge in [0.25, 0.3) is 0 Å². The van der Waals surface area contributed by atoms with Crippen LogP contribution in [0, 0.1) is 0 Å². The van der Waals surface area contributed by atoms with Crippen LogP contribution in [0.3, 0.4) is 0 Å². The van der Waals surface area contributed by atoms with Gasteiger partial charge in [-0.3, -0.25) is 0 Å². The third-order valence-corrected chi connectivity index (χ3v) is 4.66. The Balaban J connectivity index is 1.67. The number of likely N-dealkylation sites (tertiary alicyclic amines) is 1. The minimum atomic E-state index is -0.439. The predicted octanol–water partition coefficient (Wildman–Crippen LogP) is 1.32. The predicted molar refractivity (Wildman–Crippen MR) is 89.5 cm³/mol. The summed E-state index contributed by atoms with van der Waals surface area (Å²) in [5.41, 5.74) is 2.41. The average Bonchev–Trinajstić information content (AvgIpc) is 2.60. The number of amides is 2. The molecular weight excluding hydrogens is 312 g/mol. The molecule has 0 aromatic carbocycles. The lowest BCUT2D eigenvalue weighted by atomic mass is 10.1. The number of hydrogen-bond donors (Lipinski definition) is 2. The average molecular weight is 342 g/mol. The number of piperazine rings is 1. The number of carbonyl (C=O) groups is 2. The van der Waals surface area contributed by atoms with Crippen molar-refractivity contribution in [1.82, 2.24) is 20.6 Å². The van der Waals surface area contributed by atoms with Crippen molar-refractivity contribution in [2.75, 3.05) is 39.3 Å². The SMILES string of the molecule is CCC(C)(C)OC(=O)N1CCC(NOC(=O)N2CCNCC2)CC1. The Morgan fingerprint density at radius 3 is 2.25 bits per heavy atom. The maximum absolute atomic E-state index is 12.1. The van der Waals surface area contributed by atoms with E-state index in [0.29, 0.717) is 26.2 Å². The van der Waals surface area contributed by atoms with Gasteiger partial charge in [0.05, 0.1) is 0 Å². The summed E-state index contributed by atoms with van der Waals surface area (Å²) in [6.07, 6.45) is 1.65. The van der Waals surface area contributed by atoms with E-state index in [1.165, 1.54) is 0 Å². The molecular formula is C16H30N4O4. The van der Waals surface area contributed by atoms with Gasteiger partial charge in [-0.05, 0) is 33.1 Å². The molecule has 0 saturated carbocycles. The molecule has 8 heteroatoms. The van der Waals surface area contributed by atoms with Gasteiger partial charge >= 0.3 is 12.2 Å². The van der Waals surface area contributed by atoms with Crippen molar-refractivity contribution >= 4 is 12.2 Å². The van der Waals surface area contributed by atoms with Crippen LogP contribution in [0.5, 0.6) is 0 Å². The van der Waals surface area contributed by atoms with Crippen molar-refractivity contribution in [3.63, 3.8) is 0 Å². The zero-order valence-electron chi connectivity index (χ0n) is 15.0. The molecule has 0 aromatic rings. The Morgan fingerprint density at radius 2 is 1.67 bits per heavy atom. The third kappa shape index (κ3) is 5.52. The largest absolute Gasteiger partial charge is 0.443 e. The second-order valence-electron chi connectivity index (χ2n) is 6.97. The first kappa shape index (κ1) is 18.8. The topological polar surface area (TPSA) is 83.1 Å². The summed E-state index contributed by atoms with van der Waals surface area (Å²) >= 11 is 0. The van der Waals surface area contributed by atoms with Crippen molar-refractivity contribution in [1.29, 1.82) is 0 Å². The summed E-state index contributed by atoms with van der Waals surface area (Å²) < 4.78 is 5.51. The van der Waals surface area contributed by atoms with Crippen LogP contribution in [0.25, 0.3) is 0 Å². The van der Waals surface area contributed by atoms with Crippen LogP contribution in [0.1, 0.15) is 40.0 Å². The van der Waals surface area contributed by atoms with E-state index in [0.717, 1.165) is 32.4 Å². The molecule has 2 fully saturated rings. The van der Waals surface area contributed by atoms with Crippen molar-refractivity contribution < 1.29 is 19.2 Å². The number of carbonyl (C=O) groups excluding carboxylic acids is 2. The Hall–Kier alpha value is -1.54. The Bertz CT molecular complexity index is 430. The van der Waals surface area contributed by atoms with Gasteiger partial charge in [0.1, 0.15) is 5.60 Å². The van der Waals surface area contributed by atoms with E-state index < -0.39 is 5.60 Å². The molecule has 0 bridgehead atoms. The molecule has 0 atom stereocenters. The van der Waals surface area contributed by atoms with E-state index in [4.69, 9.17) is 9.57 Å². The minimum Gasteiger partial charge on any atom is -0.443 e. The molecule has 2 rings (SSSR count). The van der Waals surface area contributed by atoms with Gasteiger partial charge in [-0.2, -0.15) is 0 Å². The first-order chi connectivity index (χ1) is 11.4. The minimum absolute atomic E-state index is 0.0695. The Labute approximate surface area is 143 Å². The molecule has 0 unspecified atom stereocenters. The van der Waals surface area contributed by atoms with Crippen LogP contribution >= 0.6 is 0 Å². The van der Waals surface area contributed by atoms with E-state index in [1.54, 1.807) is 9.80 Å². The van der Waals surface area contributed by atoms with Crippen molar-refractivity contribution in [3.05, 3.63) is 0 Å². The molecule has 0 aromatic heterocycles. The molecule has 2 N–H and O–H groups in total. The quantitative estimate of drug-likeness (QED) is 0.750. The Kier molecular flexibility index (Phi) is 6.68. The monoisotopic (exact) mass is 342 g/mol. The summed E-state index contributed by atoms with van der Waals surface area (Å²) in [5, 5.41) is 3.19. The van der Waals surface area contributed by atoms with Crippen molar-refractivity contribution in [3.8, 4) is 0 Å². The van der Waals surface area contributed by atoms with Crippen LogP contribution < -0.4 is 10.8 Å². The zero-order chi connectivity index (χ0) is 17.6. The van der Waals surface area contributed by atoms with Crippen LogP contribution in [-0.2, 0) is 9.57 Å². The fourth-order valence-corrected chi connectivity index (χ4v) is 2.60. The lowest BCUT2D eigenvalue weighted by Crippen LogP contribution is -2.50. The lowest BCUT2D eigenvalue weighted by molar-refractivity contribution is -0.00375. The highest BCUT2D eigenvalue weighted by atomic mass is 16.7. The van der Waals surface area contributed by atoms with E-state index in [2.05, 4.69) is 10.8 Å². The number of rotatable bonds is 4. The van der Waals surface area contributed by atoms with Crippen LogP contribution in [-0.4, -0.2) is 72.9 Å². The van der Waals surface area contributed by atoms with E-state index in [-0.39, 0.29) is 18.2 Å². The van der Waals surface area contributed by atoms with Gasteiger partial charge in [-0.15, -0.1) is 5.48 Å². The Morgan fingerprint density at radius 1 is 1.08 bits per heavy atom. The third-order valence-electron chi connectivity index (χ3n) is 4.66. The first-order valence-electron chi connectivity index (χ1n) is 8.81. The molecule has 0 radical (unpaired) electrons. The second kappa shape index (κ2) is 8.53. The molecule has 8 nitrogen and oxygen atoms in total. The van der Waals surface area contributed by atoms with Gasteiger partial charge in [-0.25, -0.2) is 9.59 Å². The molecule has 2 saturated heterocycles. The van der Waals surface area contributed by atoms with E-state index in [1.807, 2.05) is 20.8 Å². The number of piperidine rings is 1. The number of hydroxylamine groups is 1. The maximum atomic E-state index is 12.1. The van der Waals surface area contributed by atoms with Gasteiger partial charge in [-0.1, -0.05) is 6.92 Å². The fourth-order valence-electron chi connectivity index (χ4n) is 2.60. The number of hydrogen-bond acceptors (Lipinski definition) is 6. The molecule has 24 heavy (non-hydrogen) atoms.